The highest BCUT2D eigenvalue weighted by Crippen LogP contribution is 2.26. The van der Waals surface area contributed by atoms with Crippen molar-refractivity contribution in [3.8, 4) is 5.69 Å². The van der Waals surface area contributed by atoms with Crippen molar-refractivity contribution in [2.45, 2.75) is 18.7 Å². The first-order valence-electron chi connectivity index (χ1n) is 9.56. The summed E-state index contributed by atoms with van der Waals surface area (Å²) in [6.07, 6.45) is 0.821. The number of nitro groups is 1. The molecule has 1 amide bonds. The van der Waals surface area contributed by atoms with Crippen LogP contribution < -0.4 is 5.32 Å². The summed E-state index contributed by atoms with van der Waals surface area (Å²) in [4.78, 5) is 34.4. The van der Waals surface area contributed by atoms with Crippen molar-refractivity contribution < 1.29 is 27.7 Å². The van der Waals surface area contributed by atoms with Crippen LogP contribution in [0.3, 0.4) is 0 Å². The molecule has 11 nitrogen and oxygen atoms in total. The third-order valence-corrected chi connectivity index (χ3v) is 5.83. The van der Waals surface area contributed by atoms with Crippen molar-refractivity contribution in [1.82, 2.24) is 9.78 Å². The van der Waals surface area contributed by atoms with Gasteiger partial charge in [0, 0.05) is 12.3 Å². The lowest BCUT2D eigenvalue weighted by atomic mass is 10.2. The summed E-state index contributed by atoms with van der Waals surface area (Å²) in [6, 6.07) is 12.1. The monoisotopic (exact) mass is 472 g/mol. The van der Waals surface area contributed by atoms with Crippen LogP contribution in [0.1, 0.15) is 21.7 Å². The number of hydrogen-bond acceptors (Lipinski definition) is 8. The molecule has 0 aliphatic carbocycles. The number of amides is 1. The van der Waals surface area contributed by atoms with E-state index in [1.807, 2.05) is 30.3 Å². The second-order valence-electron chi connectivity index (χ2n) is 7.13. The van der Waals surface area contributed by atoms with Gasteiger partial charge < -0.3 is 10.1 Å². The Hall–Kier alpha value is -4.06. The Morgan fingerprint density at radius 1 is 1.15 bits per heavy atom. The van der Waals surface area contributed by atoms with Gasteiger partial charge in [-0.05, 0) is 38.1 Å². The van der Waals surface area contributed by atoms with Gasteiger partial charge in [0.1, 0.15) is 4.90 Å². The molecular weight excluding hydrogens is 452 g/mol. The SMILES string of the molecule is Cc1nn(-c2ccccc2)c(C)c1NC(=O)COC(=O)c1ccc(S(C)(=O)=O)c([N+](=O)[O-])c1. The maximum absolute atomic E-state index is 12.3. The maximum atomic E-state index is 12.3. The van der Waals surface area contributed by atoms with Crippen LogP contribution in [0.2, 0.25) is 0 Å². The number of carbonyl (C=O) groups excluding carboxylic acids is 2. The van der Waals surface area contributed by atoms with Crippen LogP contribution in [0.4, 0.5) is 11.4 Å². The first kappa shape index (κ1) is 23.6. The summed E-state index contributed by atoms with van der Waals surface area (Å²) < 4.78 is 30.0. The highest BCUT2D eigenvalue weighted by atomic mass is 32.2. The number of nitro benzene ring substituents is 1. The topological polar surface area (TPSA) is 150 Å². The Kier molecular flexibility index (Phi) is 6.58. The quantitative estimate of drug-likeness (QED) is 0.313. The molecular formula is C21H20N4O7S. The maximum Gasteiger partial charge on any atom is 0.338 e. The van der Waals surface area contributed by atoms with Gasteiger partial charge in [0.2, 0.25) is 0 Å². The molecule has 0 radical (unpaired) electrons. The Balaban J connectivity index is 1.71. The van der Waals surface area contributed by atoms with E-state index in [9.17, 15) is 28.1 Å². The minimum Gasteiger partial charge on any atom is -0.452 e. The molecule has 0 aliphatic rings. The van der Waals surface area contributed by atoms with Crippen LogP contribution in [0, 0.1) is 24.0 Å². The fraction of sp³-hybridized carbons (Fsp3) is 0.190. The Morgan fingerprint density at radius 2 is 1.82 bits per heavy atom. The molecule has 0 aliphatic heterocycles. The number of para-hydroxylation sites is 1. The lowest BCUT2D eigenvalue weighted by Gasteiger charge is -2.08. The third-order valence-electron chi connectivity index (χ3n) is 4.68. The zero-order valence-corrected chi connectivity index (χ0v) is 18.8. The number of benzene rings is 2. The van der Waals surface area contributed by atoms with Crippen molar-refractivity contribution in [2.75, 3.05) is 18.2 Å². The molecule has 1 N–H and O–H groups in total. The van der Waals surface area contributed by atoms with Gasteiger partial charge in [-0.2, -0.15) is 5.10 Å². The molecule has 33 heavy (non-hydrogen) atoms. The van der Waals surface area contributed by atoms with E-state index in [0.29, 0.717) is 17.1 Å². The summed E-state index contributed by atoms with van der Waals surface area (Å²) in [5.74, 6) is -1.65. The van der Waals surface area contributed by atoms with Gasteiger partial charge >= 0.3 is 5.97 Å². The van der Waals surface area contributed by atoms with E-state index < -0.39 is 43.8 Å². The predicted molar refractivity (Wildman–Crippen MR) is 118 cm³/mol. The number of aryl methyl sites for hydroxylation is 1. The second-order valence-corrected chi connectivity index (χ2v) is 9.11. The summed E-state index contributed by atoms with van der Waals surface area (Å²) in [5.41, 5.74) is 1.49. The molecule has 2 aromatic carbocycles. The van der Waals surface area contributed by atoms with Gasteiger partial charge in [-0.15, -0.1) is 0 Å². The number of esters is 1. The minimum absolute atomic E-state index is 0.258. The fourth-order valence-electron chi connectivity index (χ4n) is 3.13. The second kappa shape index (κ2) is 9.20. The van der Waals surface area contributed by atoms with E-state index in [2.05, 4.69) is 10.4 Å². The molecule has 1 aromatic heterocycles. The van der Waals surface area contributed by atoms with Crippen LogP contribution in [-0.4, -0.2) is 47.9 Å². The summed E-state index contributed by atoms with van der Waals surface area (Å²) in [7, 11) is -3.87. The van der Waals surface area contributed by atoms with E-state index in [-0.39, 0.29) is 5.56 Å². The molecule has 0 atom stereocenters. The number of ether oxygens (including phenoxy) is 1. The highest BCUT2D eigenvalue weighted by Gasteiger charge is 2.25. The lowest BCUT2D eigenvalue weighted by molar-refractivity contribution is -0.387. The number of anilines is 1. The van der Waals surface area contributed by atoms with Gasteiger partial charge in [-0.1, -0.05) is 18.2 Å². The Labute approximate surface area is 189 Å². The molecule has 0 spiro atoms. The molecule has 0 saturated carbocycles. The van der Waals surface area contributed by atoms with E-state index >= 15 is 0 Å². The van der Waals surface area contributed by atoms with Crippen molar-refractivity contribution in [3.63, 3.8) is 0 Å². The molecule has 3 rings (SSSR count). The number of hydrogen-bond donors (Lipinski definition) is 1. The normalized spacial score (nSPS) is 11.1. The van der Waals surface area contributed by atoms with Crippen LogP contribution in [0.15, 0.2) is 53.4 Å². The van der Waals surface area contributed by atoms with Crippen molar-refractivity contribution >= 4 is 33.1 Å². The number of nitrogens with zero attached hydrogens (tertiary/aromatic N) is 3. The van der Waals surface area contributed by atoms with Gasteiger partial charge in [0.25, 0.3) is 11.6 Å². The van der Waals surface area contributed by atoms with E-state index in [1.165, 1.54) is 0 Å². The largest absolute Gasteiger partial charge is 0.452 e. The van der Waals surface area contributed by atoms with Crippen molar-refractivity contribution in [1.29, 1.82) is 0 Å². The lowest BCUT2D eigenvalue weighted by Crippen LogP contribution is -2.21. The number of rotatable bonds is 7. The van der Waals surface area contributed by atoms with Gasteiger partial charge in [-0.3, -0.25) is 14.9 Å². The van der Waals surface area contributed by atoms with Crippen molar-refractivity contribution in [2.24, 2.45) is 0 Å². The summed E-state index contributed by atoms with van der Waals surface area (Å²) in [5, 5.41) is 18.3. The summed E-state index contributed by atoms with van der Waals surface area (Å²) >= 11 is 0. The molecule has 0 fully saturated rings. The molecule has 0 saturated heterocycles. The average Bonchev–Trinajstić information content (AvgIpc) is 3.05. The first-order chi connectivity index (χ1) is 15.5. The highest BCUT2D eigenvalue weighted by molar-refractivity contribution is 7.90. The van der Waals surface area contributed by atoms with E-state index in [0.717, 1.165) is 30.1 Å². The molecule has 12 heteroatoms. The zero-order chi connectivity index (χ0) is 24.3. The Bertz CT molecular complexity index is 1350. The zero-order valence-electron chi connectivity index (χ0n) is 17.9. The first-order valence-corrected chi connectivity index (χ1v) is 11.5. The van der Waals surface area contributed by atoms with Crippen molar-refractivity contribution in [3.05, 3.63) is 75.6 Å². The number of aromatic nitrogens is 2. The standard InChI is InChI=1S/C21H20N4O7S/c1-13-20(14(2)24(23-13)16-7-5-4-6-8-16)22-19(26)12-32-21(27)15-9-10-18(33(3,30)31)17(11-15)25(28)29/h4-11H,12H2,1-3H3,(H,22,26). The van der Waals surface area contributed by atoms with E-state index in [4.69, 9.17) is 4.74 Å². The fourth-order valence-corrected chi connectivity index (χ4v) is 3.96. The predicted octanol–water partition coefficient (Wildman–Crippen LogP) is 2.60. The van der Waals surface area contributed by atoms with Gasteiger partial charge in [0.05, 0.1) is 33.2 Å². The third kappa shape index (κ3) is 5.23. The molecule has 172 valence electrons. The number of sulfone groups is 1. The molecule has 1 heterocycles. The van der Waals surface area contributed by atoms with Crippen LogP contribution in [0.5, 0.6) is 0 Å². The van der Waals surface area contributed by atoms with Crippen LogP contribution in [-0.2, 0) is 19.4 Å². The van der Waals surface area contributed by atoms with Crippen LogP contribution >= 0.6 is 0 Å². The summed E-state index contributed by atoms with van der Waals surface area (Å²) in [6.45, 7) is 2.84. The molecule has 0 bridgehead atoms. The average molecular weight is 472 g/mol. The van der Waals surface area contributed by atoms with Gasteiger partial charge in [-0.25, -0.2) is 17.9 Å². The Morgan fingerprint density at radius 3 is 2.42 bits per heavy atom. The molecule has 0 unspecified atom stereocenters. The number of carbonyl (C=O) groups is 2. The van der Waals surface area contributed by atoms with Gasteiger partial charge in [0.15, 0.2) is 16.4 Å². The van der Waals surface area contributed by atoms with E-state index in [1.54, 1.807) is 18.5 Å². The molecule has 3 aromatic rings. The smallest absolute Gasteiger partial charge is 0.338 e. The number of nitrogens with one attached hydrogen (secondary N) is 1. The minimum atomic E-state index is -3.87. The van der Waals surface area contributed by atoms with Crippen LogP contribution in [0.25, 0.3) is 5.69 Å².